The van der Waals surface area contributed by atoms with Crippen molar-refractivity contribution in [2.75, 3.05) is 17.2 Å². The maximum atomic E-state index is 13.0. The van der Waals surface area contributed by atoms with Gasteiger partial charge in [0.25, 0.3) is 5.69 Å². The van der Waals surface area contributed by atoms with E-state index in [0.717, 1.165) is 17.7 Å². The first kappa shape index (κ1) is 16.3. The first-order valence-electron chi connectivity index (χ1n) is 6.60. The molecule has 0 aliphatic heterocycles. The number of nitrogens with one attached hydrogen (secondary N) is 2. The van der Waals surface area contributed by atoms with Crippen LogP contribution in [-0.2, 0) is 4.79 Å². The summed E-state index contributed by atoms with van der Waals surface area (Å²) in [6.07, 6.45) is 0. The van der Waals surface area contributed by atoms with Crippen LogP contribution in [0.25, 0.3) is 0 Å². The van der Waals surface area contributed by atoms with E-state index in [4.69, 9.17) is 0 Å². The van der Waals surface area contributed by atoms with Crippen molar-refractivity contribution >= 4 is 23.0 Å². The van der Waals surface area contributed by atoms with Crippen LogP contribution in [-0.4, -0.2) is 17.4 Å². The standard InChI is InChI=1S/C15H13F2N3O3/c1-9-2-4-11(20(22)23)7-14(9)18-8-15(21)19-10-3-5-12(16)13(17)6-10/h2-7,18H,8H2,1H3,(H,19,21). The molecular formula is C15H13F2N3O3. The monoisotopic (exact) mass is 321 g/mol. The molecule has 120 valence electrons. The number of halogens is 2. The number of hydrogen-bond donors (Lipinski definition) is 2. The zero-order valence-corrected chi connectivity index (χ0v) is 12.1. The van der Waals surface area contributed by atoms with Crippen molar-refractivity contribution in [3.05, 3.63) is 63.7 Å². The highest BCUT2D eigenvalue weighted by Crippen LogP contribution is 2.21. The number of nitrogens with zero attached hydrogens (tertiary/aromatic N) is 1. The molecule has 0 unspecified atom stereocenters. The van der Waals surface area contributed by atoms with Gasteiger partial charge in [-0.25, -0.2) is 8.78 Å². The van der Waals surface area contributed by atoms with Gasteiger partial charge < -0.3 is 10.6 Å². The van der Waals surface area contributed by atoms with Crippen molar-refractivity contribution in [1.82, 2.24) is 0 Å². The van der Waals surface area contributed by atoms with Crippen LogP contribution in [0.4, 0.5) is 25.8 Å². The highest BCUT2D eigenvalue weighted by molar-refractivity contribution is 5.93. The lowest BCUT2D eigenvalue weighted by Crippen LogP contribution is -2.22. The van der Waals surface area contributed by atoms with Crippen LogP contribution in [0.3, 0.4) is 0 Å². The number of hydrogen-bond acceptors (Lipinski definition) is 4. The number of anilines is 2. The van der Waals surface area contributed by atoms with E-state index in [-0.39, 0.29) is 17.9 Å². The molecule has 0 aliphatic rings. The van der Waals surface area contributed by atoms with E-state index in [2.05, 4.69) is 10.6 Å². The molecule has 2 aromatic carbocycles. The van der Waals surface area contributed by atoms with E-state index < -0.39 is 22.5 Å². The number of rotatable bonds is 5. The van der Waals surface area contributed by atoms with Gasteiger partial charge in [0.1, 0.15) is 0 Å². The summed E-state index contributed by atoms with van der Waals surface area (Å²) in [5, 5.41) is 15.9. The molecule has 0 spiro atoms. The van der Waals surface area contributed by atoms with Crippen molar-refractivity contribution in [2.45, 2.75) is 6.92 Å². The fourth-order valence-electron chi connectivity index (χ4n) is 1.87. The summed E-state index contributed by atoms with van der Waals surface area (Å²) in [7, 11) is 0. The predicted molar refractivity (Wildman–Crippen MR) is 81.3 cm³/mol. The third kappa shape index (κ3) is 4.22. The van der Waals surface area contributed by atoms with Crippen LogP contribution >= 0.6 is 0 Å². The van der Waals surface area contributed by atoms with E-state index >= 15 is 0 Å². The van der Waals surface area contributed by atoms with E-state index in [1.165, 1.54) is 18.2 Å². The zero-order chi connectivity index (χ0) is 17.0. The van der Waals surface area contributed by atoms with Gasteiger partial charge >= 0.3 is 0 Å². The molecule has 2 aromatic rings. The Morgan fingerprint density at radius 2 is 1.91 bits per heavy atom. The summed E-state index contributed by atoms with van der Waals surface area (Å²) in [6, 6.07) is 7.25. The molecule has 8 heteroatoms. The molecule has 0 atom stereocenters. The SMILES string of the molecule is Cc1ccc([N+](=O)[O-])cc1NCC(=O)Nc1ccc(F)c(F)c1. The van der Waals surface area contributed by atoms with Crippen molar-refractivity contribution in [3.63, 3.8) is 0 Å². The minimum absolute atomic E-state index is 0.0980. The second-order valence-corrected chi connectivity index (χ2v) is 4.79. The topological polar surface area (TPSA) is 84.3 Å². The third-order valence-electron chi connectivity index (χ3n) is 3.07. The fourth-order valence-corrected chi connectivity index (χ4v) is 1.87. The lowest BCUT2D eigenvalue weighted by Gasteiger charge is -2.10. The van der Waals surface area contributed by atoms with E-state index in [0.29, 0.717) is 5.69 Å². The summed E-state index contributed by atoms with van der Waals surface area (Å²) < 4.78 is 25.8. The zero-order valence-electron chi connectivity index (χ0n) is 12.1. The number of nitro benzene ring substituents is 1. The molecule has 0 saturated carbocycles. The Morgan fingerprint density at radius 1 is 1.17 bits per heavy atom. The maximum absolute atomic E-state index is 13.0. The Hall–Kier alpha value is -3.03. The van der Waals surface area contributed by atoms with Gasteiger partial charge in [-0.3, -0.25) is 14.9 Å². The second kappa shape index (κ2) is 6.82. The number of carbonyl (C=O) groups is 1. The third-order valence-corrected chi connectivity index (χ3v) is 3.07. The second-order valence-electron chi connectivity index (χ2n) is 4.79. The lowest BCUT2D eigenvalue weighted by atomic mass is 10.2. The van der Waals surface area contributed by atoms with Crippen LogP contribution in [0.15, 0.2) is 36.4 Å². The normalized spacial score (nSPS) is 10.2. The Balaban J connectivity index is 2.00. The number of nitro groups is 1. The molecule has 1 amide bonds. The quantitative estimate of drug-likeness (QED) is 0.654. The van der Waals surface area contributed by atoms with Gasteiger partial charge in [0, 0.05) is 29.6 Å². The molecule has 0 saturated heterocycles. The van der Waals surface area contributed by atoms with Crippen LogP contribution < -0.4 is 10.6 Å². The minimum atomic E-state index is -1.06. The van der Waals surface area contributed by atoms with Crippen molar-refractivity contribution in [3.8, 4) is 0 Å². The van der Waals surface area contributed by atoms with Gasteiger partial charge in [-0.15, -0.1) is 0 Å². The number of aryl methyl sites for hydroxylation is 1. The molecule has 0 heterocycles. The minimum Gasteiger partial charge on any atom is -0.376 e. The molecule has 2 N–H and O–H groups in total. The average molecular weight is 321 g/mol. The molecule has 0 aromatic heterocycles. The van der Waals surface area contributed by atoms with Gasteiger partial charge in [0.15, 0.2) is 11.6 Å². The Labute approximate surface area is 130 Å². The number of non-ortho nitro benzene ring substituents is 1. The first-order chi connectivity index (χ1) is 10.9. The summed E-state index contributed by atoms with van der Waals surface area (Å²) in [6.45, 7) is 1.56. The van der Waals surface area contributed by atoms with Crippen LogP contribution in [0, 0.1) is 28.7 Å². The van der Waals surface area contributed by atoms with Crippen LogP contribution in [0.1, 0.15) is 5.56 Å². The molecule has 23 heavy (non-hydrogen) atoms. The Morgan fingerprint density at radius 3 is 2.57 bits per heavy atom. The molecule has 2 rings (SSSR count). The van der Waals surface area contributed by atoms with Crippen LogP contribution in [0.5, 0.6) is 0 Å². The fraction of sp³-hybridized carbons (Fsp3) is 0.133. The largest absolute Gasteiger partial charge is 0.376 e. The van der Waals surface area contributed by atoms with Gasteiger partial charge in [0.05, 0.1) is 11.5 Å². The molecule has 0 radical (unpaired) electrons. The highest BCUT2D eigenvalue weighted by atomic mass is 19.2. The van der Waals surface area contributed by atoms with Crippen molar-refractivity contribution in [1.29, 1.82) is 0 Å². The Bertz CT molecular complexity index is 766. The predicted octanol–water partition coefficient (Wildman–Crippen LogP) is 3.23. The van der Waals surface area contributed by atoms with Gasteiger partial charge in [0.2, 0.25) is 5.91 Å². The average Bonchev–Trinajstić information content (AvgIpc) is 2.50. The van der Waals surface area contributed by atoms with E-state index in [1.807, 2.05) is 0 Å². The molecule has 0 fully saturated rings. The van der Waals surface area contributed by atoms with Crippen molar-refractivity contribution < 1.29 is 18.5 Å². The molecular weight excluding hydrogens is 308 g/mol. The van der Waals surface area contributed by atoms with Gasteiger partial charge in [-0.1, -0.05) is 6.07 Å². The lowest BCUT2D eigenvalue weighted by molar-refractivity contribution is -0.384. The number of amides is 1. The smallest absolute Gasteiger partial charge is 0.271 e. The number of benzene rings is 2. The molecule has 0 aliphatic carbocycles. The van der Waals surface area contributed by atoms with E-state index in [9.17, 15) is 23.7 Å². The summed E-state index contributed by atoms with van der Waals surface area (Å²) in [4.78, 5) is 22.0. The summed E-state index contributed by atoms with van der Waals surface area (Å²) in [5.74, 6) is -2.57. The maximum Gasteiger partial charge on any atom is 0.271 e. The van der Waals surface area contributed by atoms with Gasteiger partial charge in [-0.05, 0) is 24.6 Å². The van der Waals surface area contributed by atoms with Gasteiger partial charge in [-0.2, -0.15) is 0 Å². The van der Waals surface area contributed by atoms with E-state index in [1.54, 1.807) is 13.0 Å². The molecule has 0 bridgehead atoms. The Kier molecular flexibility index (Phi) is 4.85. The highest BCUT2D eigenvalue weighted by Gasteiger charge is 2.10. The summed E-state index contributed by atoms with van der Waals surface area (Å²) >= 11 is 0. The first-order valence-corrected chi connectivity index (χ1v) is 6.60. The summed E-state index contributed by atoms with van der Waals surface area (Å²) in [5.41, 5.74) is 1.20. The van der Waals surface area contributed by atoms with Crippen molar-refractivity contribution in [2.24, 2.45) is 0 Å². The number of carbonyl (C=O) groups excluding carboxylic acids is 1. The molecule has 6 nitrogen and oxygen atoms in total. The van der Waals surface area contributed by atoms with Crippen LogP contribution in [0.2, 0.25) is 0 Å².